The predicted molar refractivity (Wildman–Crippen MR) is 136 cm³/mol. The summed E-state index contributed by atoms with van der Waals surface area (Å²) < 4.78 is 5.99. The van der Waals surface area contributed by atoms with Crippen LogP contribution in [0.2, 0.25) is 0 Å². The Bertz CT molecular complexity index is 1500. The minimum atomic E-state index is -0.385. The van der Waals surface area contributed by atoms with Gasteiger partial charge in [-0.05, 0) is 57.4 Å². The van der Waals surface area contributed by atoms with E-state index >= 15 is 0 Å². The van der Waals surface area contributed by atoms with E-state index in [4.69, 9.17) is 4.42 Å². The molecule has 2 heterocycles. The summed E-state index contributed by atoms with van der Waals surface area (Å²) in [6.45, 7) is 5.83. The average Bonchev–Trinajstić information content (AvgIpc) is 3.21. The van der Waals surface area contributed by atoms with E-state index in [-0.39, 0.29) is 17.6 Å². The Morgan fingerprint density at radius 2 is 1.80 bits per heavy atom. The first kappa shape index (κ1) is 22.5. The highest BCUT2D eigenvalue weighted by Gasteiger charge is 2.28. The third kappa shape index (κ3) is 4.45. The molecular weight excluding hydrogens is 440 g/mol. The van der Waals surface area contributed by atoms with E-state index in [1.54, 1.807) is 6.07 Å². The van der Waals surface area contributed by atoms with Crippen molar-refractivity contribution in [3.05, 3.63) is 94.1 Å². The van der Waals surface area contributed by atoms with Crippen LogP contribution in [-0.2, 0) is 6.42 Å². The molecule has 7 heteroatoms. The average molecular weight is 467 g/mol. The third-order valence-electron chi connectivity index (χ3n) is 6.29. The first-order chi connectivity index (χ1) is 16.9. The molecule has 1 aliphatic rings. The molecule has 0 radical (unpaired) electrons. The molecule has 0 atom stereocenters. The monoisotopic (exact) mass is 466 g/mol. The highest BCUT2D eigenvalue weighted by atomic mass is 16.4. The number of nitrogens with one attached hydrogen (secondary N) is 2. The highest BCUT2D eigenvalue weighted by Crippen LogP contribution is 2.30. The summed E-state index contributed by atoms with van der Waals surface area (Å²) in [6, 6.07) is 17.1. The number of pyridine rings is 1. The molecule has 5 rings (SSSR count). The minimum Gasteiger partial charge on any atom is -0.455 e. The molecule has 2 aromatic heterocycles. The molecule has 2 aromatic carbocycles. The van der Waals surface area contributed by atoms with Gasteiger partial charge in [0.25, 0.3) is 11.8 Å². The molecule has 1 aliphatic carbocycles. The Balaban J connectivity index is 1.38. The van der Waals surface area contributed by atoms with Crippen LogP contribution in [0.4, 0.5) is 5.69 Å². The van der Waals surface area contributed by atoms with Gasteiger partial charge in [-0.15, -0.1) is 0 Å². The zero-order valence-corrected chi connectivity index (χ0v) is 19.9. The zero-order valence-electron chi connectivity index (χ0n) is 19.9. The largest absolute Gasteiger partial charge is 0.455 e. The lowest BCUT2D eigenvalue weighted by atomic mass is 9.93. The Morgan fingerprint density at radius 3 is 2.63 bits per heavy atom. The zero-order chi connectivity index (χ0) is 24.5. The van der Waals surface area contributed by atoms with Crippen LogP contribution < -0.4 is 10.7 Å². The molecule has 2 N–H and O–H groups in total. The second-order valence-electron chi connectivity index (χ2n) is 8.87. The van der Waals surface area contributed by atoms with Crippen LogP contribution in [0.1, 0.15) is 61.9 Å². The number of furan rings is 1. The van der Waals surface area contributed by atoms with Crippen molar-refractivity contribution in [2.24, 2.45) is 5.10 Å². The summed E-state index contributed by atoms with van der Waals surface area (Å²) in [5, 5.41) is 8.33. The number of aryl methyl sites for hydroxylation is 3. The topological polar surface area (TPSA) is 96.6 Å². The van der Waals surface area contributed by atoms with E-state index < -0.39 is 0 Å². The van der Waals surface area contributed by atoms with Crippen molar-refractivity contribution in [3.63, 3.8) is 0 Å². The van der Waals surface area contributed by atoms with E-state index in [0.29, 0.717) is 24.2 Å². The van der Waals surface area contributed by atoms with Crippen molar-refractivity contribution in [2.75, 3.05) is 5.32 Å². The molecule has 0 saturated carbocycles. The number of amides is 2. The van der Waals surface area contributed by atoms with Gasteiger partial charge in [-0.25, -0.2) is 10.4 Å². The number of aromatic nitrogens is 1. The molecule has 0 unspecified atom stereocenters. The molecular formula is C28H26N4O3. The Morgan fingerprint density at radius 1 is 0.971 bits per heavy atom. The number of fused-ring (bicyclic) bond motifs is 2. The van der Waals surface area contributed by atoms with Gasteiger partial charge in [0.1, 0.15) is 11.5 Å². The number of carbonyl (C=O) groups excluding carboxylic acids is 2. The third-order valence-corrected chi connectivity index (χ3v) is 6.29. The maximum absolute atomic E-state index is 13.0. The number of hydrazone groups is 1. The molecule has 176 valence electrons. The number of carbonyl (C=O) groups is 2. The number of benzene rings is 2. The number of para-hydroxylation sites is 1. The summed E-state index contributed by atoms with van der Waals surface area (Å²) in [4.78, 5) is 30.2. The van der Waals surface area contributed by atoms with Gasteiger partial charge in [-0.2, -0.15) is 5.10 Å². The van der Waals surface area contributed by atoms with Crippen LogP contribution in [0, 0.1) is 20.8 Å². The Hall–Kier alpha value is -4.26. The van der Waals surface area contributed by atoms with Crippen LogP contribution >= 0.6 is 0 Å². The lowest BCUT2D eigenvalue weighted by molar-refractivity contribution is 0.0949. The molecule has 0 spiro atoms. The number of rotatable bonds is 4. The van der Waals surface area contributed by atoms with Gasteiger partial charge in [0.15, 0.2) is 5.76 Å². The van der Waals surface area contributed by atoms with Gasteiger partial charge >= 0.3 is 0 Å². The SMILES string of the molecule is Cc1ccc(NC(=O)c2oc3c(c2C)/C(=N/NC(=O)c2ccc4ccccc4n2)CCC3)c(C)c1. The normalized spacial score (nSPS) is 14.1. The van der Waals surface area contributed by atoms with Crippen LogP contribution in [0.25, 0.3) is 10.9 Å². The Kier molecular flexibility index (Phi) is 5.91. The second kappa shape index (κ2) is 9.18. The number of hydrogen-bond donors (Lipinski definition) is 2. The summed E-state index contributed by atoms with van der Waals surface area (Å²) >= 11 is 0. The first-order valence-corrected chi connectivity index (χ1v) is 11.6. The number of nitrogens with zero attached hydrogens (tertiary/aromatic N) is 2. The fourth-order valence-electron chi connectivity index (χ4n) is 4.50. The second-order valence-corrected chi connectivity index (χ2v) is 8.87. The van der Waals surface area contributed by atoms with Crippen molar-refractivity contribution in [2.45, 2.75) is 40.0 Å². The fraction of sp³-hybridized carbons (Fsp3) is 0.214. The number of hydrogen-bond acceptors (Lipinski definition) is 5. The van der Waals surface area contributed by atoms with Gasteiger partial charge in [0, 0.05) is 28.6 Å². The molecule has 0 fully saturated rings. The van der Waals surface area contributed by atoms with Crippen LogP contribution in [-0.4, -0.2) is 22.5 Å². The molecule has 0 bridgehead atoms. The van der Waals surface area contributed by atoms with Crippen LogP contribution in [0.15, 0.2) is 64.1 Å². The maximum atomic E-state index is 13.0. The fourth-order valence-corrected chi connectivity index (χ4v) is 4.50. The predicted octanol–water partition coefficient (Wildman–Crippen LogP) is 5.48. The maximum Gasteiger partial charge on any atom is 0.291 e. The molecule has 0 saturated heterocycles. The minimum absolute atomic E-state index is 0.270. The first-order valence-electron chi connectivity index (χ1n) is 11.6. The summed E-state index contributed by atoms with van der Waals surface area (Å²) in [5.74, 6) is 0.306. The van der Waals surface area contributed by atoms with Gasteiger partial charge in [0.2, 0.25) is 0 Å². The number of anilines is 1. The molecule has 35 heavy (non-hydrogen) atoms. The molecule has 7 nitrogen and oxygen atoms in total. The lowest BCUT2D eigenvalue weighted by Gasteiger charge is -2.13. The standard InChI is InChI=1S/C28H26N4O3/c1-16-11-13-20(17(2)15-16)30-28(34)26-18(3)25-22(9-6-10-24(25)35-26)31-32-27(33)23-14-12-19-7-4-5-8-21(19)29-23/h4-5,7-8,11-15H,6,9-10H2,1-3H3,(H,30,34)(H,32,33)/b31-22+. The van der Waals surface area contributed by atoms with Crippen LogP contribution in [0.5, 0.6) is 0 Å². The van der Waals surface area contributed by atoms with Gasteiger partial charge < -0.3 is 9.73 Å². The van der Waals surface area contributed by atoms with E-state index in [2.05, 4.69) is 20.8 Å². The van der Waals surface area contributed by atoms with Crippen molar-refractivity contribution in [1.29, 1.82) is 0 Å². The van der Waals surface area contributed by atoms with E-state index in [0.717, 1.165) is 51.0 Å². The van der Waals surface area contributed by atoms with Crippen molar-refractivity contribution in [3.8, 4) is 0 Å². The van der Waals surface area contributed by atoms with Crippen molar-refractivity contribution in [1.82, 2.24) is 10.4 Å². The van der Waals surface area contributed by atoms with Crippen molar-refractivity contribution < 1.29 is 14.0 Å². The summed E-state index contributed by atoms with van der Waals surface area (Å²) in [7, 11) is 0. The molecule has 0 aliphatic heterocycles. The quantitative estimate of drug-likeness (QED) is 0.390. The lowest BCUT2D eigenvalue weighted by Crippen LogP contribution is -2.23. The summed E-state index contributed by atoms with van der Waals surface area (Å²) in [6.07, 6.45) is 2.21. The van der Waals surface area contributed by atoms with E-state index in [9.17, 15) is 9.59 Å². The summed E-state index contributed by atoms with van der Waals surface area (Å²) in [5.41, 5.74) is 8.77. The van der Waals surface area contributed by atoms with Gasteiger partial charge in [0.05, 0.1) is 11.2 Å². The Labute approximate surface area is 203 Å². The van der Waals surface area contributed by atoms with E-state index in [1.165, 1.54) is 0 Å². The van der Waals surface area contributed by atoms with Crippen molar-refractivity contribution >= 4 is 34.1 Å². The smallest absolute Gasteiger partial charge is 0.291 e. The molecule has 2 amide bonds. The van der Waals surface area contributed by atoms with Crippen LogP contribution in [0.3, 0.4) is 0 Å². The molecule has 4 aromatic rings. The van der Waals surface area contributed by atoms with Gasteiger partial charge in [-0.1, -0.05) is 42.0 Å². The van der Waals surface area contributed by atoms with Gasteiger partial charge in [-0.3, -0.25) is 9.59 Å². The highest BCUT2D eigenvalue weighted by molar-refractivity contribution is 6.09. The van der Waals surface area contributed by atoms with E-state index in [1.807, 2.05) is 69.3 Å².